The number of rotatable bonds is 17. The van der Waals surface area contributed by atoms with Crippen molar-refractivity contribution in [3.05, 3.63) is 35.9 Å². The van der Waals surface area contributed by atoms with Gasteiger partial charge in [-0.15, -0.1) is 0 Å². The van der Waals surface area contributed by atoms with Gasteiger partial charge in [-0.1, -0.05) is 30.3 Å². The third-order valence-corrected chi connectivity index (χ3v) is 5.25. The lowest BCUT2D eigenvalue weighted by molar-refractivity contribution is -0.143. The highest BCUT2D eigenvalue weighted by atomic mass is 16.4. The average molecular weight is 537 g/mol. The maximum absolute atomic E-state index is 12.9. The van der Waals surface area contributed by atoms with E-state index in [0.29, 0.717) is 0 Å². The number of carbonyl (C=O) groups is 7. The molecular weight excluding hydrogens is 504 g/mol. The molecule has 15 nitrogen and oxygen atoms in total. The number of aliphatic carboxylic acids is 2. The minimum Gasteiger partial charge on any atom is -0.481 e. The second kappa shape index (κ2) is 15.6. The van der Waals surface area contributed by atoms with E-state index >= 15 is 0 Å². The smallest absolute Gasteiger partial charge is 0.326 e. The minimum atomic E-state index is -1.76. The van der Waals surface area contributed by atoms with Gasteiger partial charge in [-0.2, -0.15) is 0 Å². The molecule has 0 aliphatic rings. The van der Waals surface area contributed by atoms with E-state index in [1.165, 1.54) is 0 Å². The molecule has 0 bridgehead atoms. The fourth-order valence-corrected chi connectivity index (χ4v) is 3.27. The topological polar surface area (TPSA) is 274 Å². The van der Waals surface area contributed by atoms with E-state index in [0.717, 1.165) is 5.56 Å². The molecule has 0 spiro atoms. The lowest BCUT2D eigenvalue weighted by Crippen LogP contribution is -2.57. The van der Waals surface area contributed by atoms with Gasteiger partial charge in [0, 0.05) is 12.8 Å². The maximum Gasteiger partial charge on any atom is 0.326 e. The van der Waals surface area contributed by atoms with Crippen molar-refractivity contribution in [2.75, 3.05) is 0 Å². The number of carboxylic acids is 2. The molecule has 15 heteroatoms. The Morgan fingerprint density at radius 1 is 0.711 bits per heavy atom. The molecule has 1 aromatic carbocycles. The molecule has 0 aromatic heterocycles. The SMILES string of the molecule is NC(=O)CCC(NC(=O)C(CC(=O)O)NC(=O)C(CCC(N)=O)NC(=O)C(N)Cc1ccccc1)C(=O)O. The zero-order chi connectivity index (χ0) is 28.8. The summed E-state index contributed by atoms with van der Waals surface area (Å²) >= 11 is 0. The van der Waals surface area contributed by atoms with Gasteiger partial charge < -0.3 is 43.4 Å². The van der Waals surface area contributed by atoms with Crippen molar-refractivity contribution < 1.29 is 43.8 Å². The van der Waals surface area contributed by atoms with Gasteiger partial charge in [0.2, 0.25) is 29.5 Å². The molecule has 0 heterocycles. The van der Waals surface area contributed by atoms with Crippen molar-refractivity contribution in [2.45, 2.75) is 62.7 Å². The predicted molar refractivity (Wildman–Crippen MR) is 131 cm³/mol. The zero-order valence-corrected chi connectivity index (χ0v) is 20.4. The summed E-state index contributed by atoms with van der Waals surface area (Å²) in [4.78, 5) is 83.2. The van der Waals surface area contributed by atoms with E-state index in [1.807, 2.05) is 0 Å². The molecule has 4 unspecified atom stereocenters. The normalized spacial score (nSPS) is 13.7. The van der Waals surface area contributed by atoms with Gasteiger partial charge in [0.1, 0.15) is 18.1 Å². The summed E-state index contributed by atoms with van der Waals surface area (Å²) in [6, 6.07) is 2.90. The first-order valence-corrected chi connectivity index (χ1v) is 11.5. The molecular formula is C23H32N6O9. The van der Waals surface area contributed by atoms with Crippen LogP contribution in [0.5, 0.6) is 0 Å². The Morgan fingerprint density at radius 2 is 1.18 bits per heavy atom. The van der Waals surface area contributed by atoms with E-state index in [-0.39, 0.29) is 32.1 Å². The van der Waals surface area contributed by atoms with Crippen LogP contribution in [0.3, 0.4) is 0 Å². The Balaban J connectivity index is 3.00. The third kappa shape index (κ3) is 11.9. The Morgan fingerprint density at radius 3 is 1.68 bits per heavy atom. The standard InChI is InChI=1S/C23H32N6O9/c24-13(10-12-4-2-1-3-5-12)20(34)27-14(6-8-17(25)30)21(35)29-16(11-19(32)33)22(36)28-15(23(37)38)7-9-18(26)31/h1-5,13-16H,6-11,24H2,(H2,25,30)(H2,26,31)(H,27,34)(H,28,36)(H,29,35)(H,32,33)(H,37,38). The van der Waals surface area contributed by atoms with Gasteiger partial charge in [-0.25, -0.2) is 4.79 Å². The number of nitrogens with one attached hydrogen (secondary N) is 3. The van der Waals surface area contributed by atoms with Crippen molar-refractivity contribution in [1.82, 2.24) is 16.0 Å². The fraction of sp³-hybridized carbons (Fsp3) is 0.435. The number of amides is 5. The van der Waals surface area contributed by atoms with E-state index in [1.54, 1.807) is 30.3 Å². The monoisotopic (exact) mass is 536 g/mol. The molecule has 0 saturated heterocycles. The molecule has 1 aromatic rings. The van der Waals surface area contributed by atoms with Crippen LogP contribution in [0.15, 0.2) is 30.3 Å². The van der Waals surface area contributed by atoms with Gasteiger partial charge in [0.25, 0.3) is 0 Å². The first kappa shape index (κ1) is 31.5. The summed E-state index contributed by atoms with van der Waals surface area (Å²) in [6.45, 7) is 0. The van der Waals surface area contributed by atoms with Gasteiger partial charge in [0.05, 0.1) is 12.5 Å². The average Bonchev–Trinajstić information content (AvgIpc) is 2.83. The van der Waals surface area contributed by atoms with E-state index < -0.39 is 72.1 Å². The Labute approximate surface area is 217 Å². The summed E-state index contributed by atoms with van der Waals surface area (Å²) in [5.74, 6) is -7.58. The molecule has 208 valence electrons. The molecule has 1 rings (SSSR count). The van der Waals surface area contributed by atoms with Gasteiger partial charge in [-0.3, -0.25) is 28.8 Å². The highest BCUT2D eigenvalue weighted by molar-refractivity contribution is 5.96. The molecule has 0 saturated carbocycles. The van der Waals surface area contributed by atoms with E-state index in [4.69, 9.17) is 17.2 Å². The van der Waals surface area contributed by atoms with Crippen molar-refractivity contribution >= 4 is 41.5 Å². The molecule has 0 aliphatic carbocycles. The van der Waals surface area contributed by atoms with Gasteiger partial charge in [0.15, 0.2) is 0 Å². The zero-order valence-electron chi connectivity index (χ0n) is 20.4. The summed E-state index contributed by atoms with van der Waals surface area (Å²) in [5, 5.41) is 25.0. The first-order valence-electron chi connectivity index (χ1n) is 11.5. The Hall–Kier alpha value is -4.53. The number of nitrogens with two attached hydrogens (primary N) is 3. The minimum absolute atomic E-state index is 0.128. The molecule has 0 aliphatic heterocycles. The van der Waals surface area contributed by atoms with Crippen molar-refractivity contribution in [3.8, 4) is 0 Å². The van der Waals surface area contributed by atoms with Gasteiger partial charge >= 0.3 is 11.9 Å². The Kier molecular flexibility index (Phi) is 12.9. The molecule has 0 radical (unpaired) electrons. The summed E-state index contributed by atoms with van der Waals surface area (Å²) in [7, 11) is 0. The maximum atomic E-state index is 12.9. The van der Waals surface area contributed by atoms with Crippen molar-refractivity contribution in [1.29, 1.82) is 0 Å². The van der Waals surface area contributed by atoms with Crippen LogP contribution in [-0.4, -0.2) is 75.9 Å². The van der Waals surface area contributed by atoms with Crippen molar-refractivity contribution in [2.24, 2.45) is 17.2 Å². The second-order valence-electron chi connectivity index (χ2n) is 8.43. The number of carboxylic acid groups (broad SMARTS) is 2. The van der Waals surface area contributed by atoms with Crippen LogP contribution in [0.2, 0.25) is 0 Å². The summed E-state index contributed by atoms with van der Waals surface area (Å²) in [5.41, 5.74) is 16.8. The fourth-order valence-electron chi connectivity index (χ4n) is 3.27. The lowest BCUT2D eigenvalue weighted by atomic mass is 10.0. The predicted octanol–water partition coefficient (Wildman–Crippen LogP) is -2.90. The highest BCUT2D eigenvalue weighted by Crippen LogP contribution is 2.06. The molecule has 38 heavy (non-hydrogen) atoms. The van der Waals surface area contributed by atoms with Crippen LogP contribution in [0, 0.1) is 0 Å². The quantitative estimate of drug-likeness (QED) is 0.100. The van der Waals surface area contributed by atoms with Gasteiger partial charge in [-0.05, 0) is 24.8 Å². The molecule has 0 fully saturated rings. The van der Waals surface area contributed by atoms with Crippen LogP contribution < -0.4 is 33.2 Å². The summed E-state index contributed by atoms with van der Waals surface area (Å²) in [6.07, 6.45) is -2.19. The molecule has 5 amide bonds. The highest BCUT2D eigenvalue weighted by Gasteiger charge is 2.32. The van der Waals surface area contributed by atoms with E-state index in [9.17, 15) is 43.8 Å². The largest absolute Gasteiger partial charge is 0.481 e. The van der Waals surface area contributed by atoms with E-state index in [2.05, 4.69) is 16.0 Å². The number of hydrogen-bond acceptors (Lipinski definition) is 8. The number of benzene rings is 1. The number of hydrogen-bond donors (Lipinski definition) is 8. The van der Waals surface area contributed by atoms with Crippen LogP contribution in [0.25, 0.3) is 0 Å². The van der Waals surface area contributed by atoms with Crippen LogP contribution >= 0.6 is 0 Å². The number of carbonyl (C=O) groups excluding carboxylic acids is 5. The Bertz CT molecular complexity index is 1030. The molecule has 11 N–H and O–H groups in total. The number of primary amides is 2. The first-order chi connectivity index (χ1) is 17.8. The lowest BCUT2D eigenvalue weighted by Gasteiger charge is -2.24. The molecule has 4 atom stereocenters. The van der Waals surface area contributed by atoms with Crippen LogP contribution in [0.1, 0.15) is 37.7 Å². The summed E-state index contributed by atoms with van der Waals surface area (Å²) < 4.78 is 0. The van der Waals surface area contributed by atoms with Crippen LogP contribution in [-0.2, 0) is 40.0 Å². The third-order valence-electron chi connectivity index (χ3n) is 5.25. The van der Waals surface area contributed by atoms with Crippen LogP contribution in [0.4, 0.5) is 0 Å². The second-order valence-corrected chi connectivity index (χ2v) is 8.43. The van der Waals surface area contributed by atoms with Crippen molar-refractivity contribution in [3.63, 3.8) is 0 Å².